The van der Waals surface area contributed by atoms with Gasteiger partial charge in [0.15, 0.2) is 0 Å². The minimum Gasteiger partial charge on any atom is -1.00 e. The van der Waals surface area contributed by atoms with Crippen LogP contribution in [0.25, 0.3) is 0 Å². The second kappa shape index (κ2) is 14.4. The maximum atomic E-state index is 3.36. The van der Waals surface area contributed by atoms with E-state index in [1.54, 1.807) is 0 Å². The summed E-state index contributed by atoms with van der Waals surface area (Å²) in [5.41, 5.74) is 4.25. The summed E-state index contributed by atoms with van der Waals surface area (Å²) < 4.78 is 0. The molecule has 0 aromatic carbocycles. The molecule has 0 nitrogen and oxygen atoms in total. The van der Waals surface area contributed by atoms with E-state index in [2.05, 4.69) is 78.2 Å². The van der Waals surface area contributed by atoms with Gasteiger partial charge in [0.1, 0.15) is 0 Å². The fraction of sp³-hybridized carbons (Fsp3) is 0.500. The molecule has 1 atom stereocenters. The van der Waals surface area contributed by atoms with E-state index in [1.165, 1.54) is 16.7 Å². The summed E-state index contributed by atoms with van der Waals surface area (Å²) in [5, 5.41) is 0. The summed E-state index contributed by atoms with van der Waals surface area (Å²) in [6.45, 7) is 13.2. The summed E-state index contributed by atoms with van der Waals surface area (Å²) >= 11 is 2.27. The van der Waals surface area contributed by atoms with Gasteiger partial charge in [-0.1, -0.05) is 26.7 Å². The number of hydrogen-bond acceptors (Lipinski definition) is 0. The second-order valence-corrected chi connectivity index (χ2v) is 11.5. The smallest absolute Gasteiger partial charge is 0.109 e. The van der Waals surface area contributed by atoms with E-state index < -0.39 is 0 Å². The van der Waals surface area contributed by atoms with Gasteiger partial charge in [-0.05, 0) is 0 Å². The zero-order valence-corrected chi connectivity index (χ0v) is 17.3. The standard InChI is InChI=1S/C9H13.C5H5.C2H6Si.2ClH.Ti/c1-6-5-7(2)9(4)8(6)3;1-2-4-5-3-1;1-3-2;;;/h6H,1-4H3;1-3H,4H2;1-2H3;2*1H;/q2*-1;;;;+2/p-2. The van der Waals surface area contributed by atoms with Crippen molar-refractivity contribution in [3.63, 3.8) is 0 Å². The van der Waals surface area contributed by atoms with E-state index in [0.717, 1.165) is 6.42 Å². The minimum atomic E-state index is 0. The molecule has 0 spiro atoms. The minimum absolute atomic E-state index is 0. The summed E-state index contributed by atoms with van der Waals surface area (Å²) in [6.07, 6.45) is 13.5. The van der Waals surface area contributed by atoms with Crippen molar-refractivity contribution in [1.82, 2.24) is 0 Å². The summed E-state index contributed by atoms with van der Waals surface area (Å²) in [6, 6.07) is 0. The number of hydrogen-bond donors (Lipinski definition) is 0. The zero-order chi connectivity index (χ0) is 14.1. The van der Waals surface area contributed by atoms with Crippen molar-refractivity contribution in [3.8, 4) is 0 Å². The first-order valence-corrected chi connectivity index (χ1v) is 11.2. The number of rotatable bonds is 0. The Morgan fingerprint density at radius 2 is 1.70 bits per heavy atom. The first kappa shape index (κ1) is 25.4. The fourth-order valence-corrected chi connectivity index (χ4v) is 1.50. The molecule has 20 heavy (non-hydrogen) atoms. The van der Waals surface area contributed by atoms with Gasteiger partial charge in [-0.2, -0.15) is 17.2 Å². The Morgan fingerprint density at radius 1 is 1.20 bits per heavy atom. The molecule has 0 radical (unpaired) electrons. The quantitative estimate of drug-likeness (QED) is 0.376. The second-order valence-electron chi connectivity index (χ2n) is 4.80. The van der Waals surface area contributed by atoms with Gasteiger partial charge < -0.3 is 24.8 Å². The van der Waals surface area contributed by atoms with Crippen molar-refractivity contribution in [2.45, 2.75) is 47.2 Å². The molecule has 2 aliphatic rings. The van der Waals surface area contributed by atoms with Gasteiger partial charge in [0.2, 0.25) is 0 Å². The predicted octanol–water partition coefficient (Wildman–Crippen LogP) is -1.18. The number of allylic oxidation sites excluding steroid dienone is 8. The molecule has 0 fully saturated rings. The fourth-order valence-electron chi connectivity index (χ4n) is 1.50. The average Bonchev–Trinajstić information content (AvgIpc) is 2.89. The van der Waals surface area contributed by atoms with E-state index in [9.17, 15) is 0 Å². The SMILES string of the molecule is CC1=[C-]C(C)C(C)=C1C.C[Si](C)=[Ti+2].[C-]1=CC=CC1.[Cl-].[Cl-]. The van der Waals surface area contributed by atoms with Crippen LogP contribution in [0.4, 0.5) is 0 Å². The van der Waals surface area contributed by atoms with Gasteiger partial charge >= 0.3 is 38.5 Å². The Balaban J connectivity index is -0.000000228. The van der Waals surface area contributed by atoms with Crippen molar-refractivity contribution < 1.29 is 44.0 Å². The third-order valence-electron chi connectivity index (χ3n) is 2.82. The van der Waals surface area contributed by atoms with Gasteiger partial charge in [-0.25, -0.2) is 17.7 Å². The van der Waals surface area contributed by atoms with E-state index in [1.807, 2.05) is 12.2 Å². The van der Waals surface area contributed by atoms with Crippen molar-refractivity contribution >= 4 is 6.19 Å². The largest absolute Gasteiger partial charge is 1.00 e. The molecule has 1 unspecified atom stereocenters. The average molecular weight is 363 g/mol. The Hall–Kier alpha value is 0.471. The molecule has 2 rings (SSSR count). The van der Waals surface area contributed by atoms with Gasteiger partial charge in [-0.15, -0.1) is 13.3 Å². The predicted molar refractivity (Wildman–Crippen MR) is 79.0 cm³/mol. The van der Waals surface area contributed by atoms with Crippen LogP contribution in [0.15, 0.2) is 34.9 Å². The summed E-state index contributed by atoms with van der Waals surface area (Å²) in [7, 11) is 0. The molecule has 0 heterocycles. The molecule has 0 N–H and O–H groups in total. The van der Waals surface area contributed by atoms with Crippen LogP contribution in [-0.2, 0) is 19.2 Å². The first-order chi connectivity index (χ1) is 8.36. The van der Waals surface area contributed by atoms with E-state index in [-0.39, 0.29) is 31.0 Å². The van der Waals surface area contributed by atoms with Crippen molar-refractivity contribution in [1.29, 1.82) is 0 Å². The Morgan fingerprint density at radius 3 is 1.80 bits per heavy atom. The topological polar surface area (TPSA) is 0 Å². The van der Waals surface area contributed by atoms with E-state index in [0.29, 0.717) is 5.92 Å². The first-order valence-electron chi connectivity index (χ1n) is 6.37. The van der Waals surface area contributed by atoms with Gasteiger partial charge in [0, 0.05) is 0 Å². The monoisotopic (exact) mass is 362 g/mol. The summed E-state index contributed by atoms with van der Waals surface area (Å²) in [5.74, 6) is 0.560. The van der Waals surface area contributed by atoms with Crippen LogP contribution in [-0.4, -0.2) is 6.19 Å². The maximum Gasteiger partial charge on any atom is -0.109 e. The van der Waals surface area contributed by atoms with Gasteiger partial charge in [0.05, 0.1) is 0 Å². The molecule has 4 heteroatoms. The normalized spacial score (nSPS) is 18.0. The molecular weight excluding hydrogens is 339 g/mol. The maximum absolute atomic E-state index is 3.36. The van der Waals surface area contributed by atoms with Crippen molar-refractivity contribution in [2.75, 3.05) is 0 Å². The van der Waals surface area contributed by atoms with Gasteiger partial charge in [0.25, 0.3) is 0 Å². The molecule has 0 aliphatic heterocycles. The van der Waals surface area contributed by atoms with Gasteiger partial charge in [-0.3, -0.25) is 12.2 Å². The van der Waals surface area contributed by atoms with Crippen LogP contribution >= 0.6 is 0 Å². The van der Waals surface area contributed by atoms with Crippen LogP contribution in [0, 0.1) is 18.1 Å². The van der Waals surface area contributed by atoms with Crippen LogP contribution < -0.4 is 24.8 Å². The molecule has 0 saturated carbocycles. The van der Waals surface area contributed by atoms with Crippen LogP contribution in [0.1, 0.15) is 34.1 Å². The Labute approximate surface area is 149 Å². The molecule has 0 aromatic rings. The molecule has 0 aromatic heterocycles. The Bertz CT molecular complexity index is 393. The Kier molecular flexibility index (Phi) is 18.3. The van der Waals surface area contributed by atoms with Crippen molar-refractivity contribution in [3.05, 3.63) is 47.1 Å². The molecule has 0 saturated heterocycles. The van der Waals surface area contributed by atoms with E-state index in [4.69, 9.17) is 0 Å². The third kappa shape index (κ3) is 12.2. The van der Waals surface area contributed by atoms with Crippen LogP contribution in [0.3, 0.4) is 0 Å². The van der Waals surface area contributed by atoms with Crippen LogP contribution in [0.5, 0.6) is 0 Å². The molecule has 112 valence electrons. The molecule has 0 amide bonds. The number of halogens is 2. The molecule has 2 aliphatic carbocycles. The molecule has 0 bridgehead atoms. The summed E-state index contributed by atoms with van der Waals surface area (Å²) in [4.78, 5) is 0. The van der Waals surface area contributed by atoms with Crippen LogP contribution in [0.2, 0.25) is 13.1 Å². The van der Waals surface area contributed by atoms with E-state index >= 15 is 0 Å². The van der Waals surface area contributed by atoms with Crippen molar-refractivity contribution in [2.24, 2.45) is 5.92 Å². The zero-order valence-electron chi connectivity index (χ0n) is 13.3. The third-order valence-corrected chi connectivity index (χ3v) is 2.82. The molecular formula is C16H24Cl2SiTi-2.